The maximum Gasteiger partial charge on any atom is 0.323 e. The summed E-state index contributed by atoms with van der Waals surface area (Å²) in [6, 6.07) is -1.10. The Hall–Kier alpha value is -1.14. The van der Waals surface area contributed by atoms with Crippen LogP contribution in [-0.2, 0) is 19.1 Å². The van der Waals surface area contributed by atoms with E-state index < -0.39 is 12.1 Å². The van der Waals surface area contributed by atoms with E-state index >= 15 is 0 Å². The minimum Gasteiger partial charge on any atom is -0.464 e. The molecule has 1 aliphatic carbocycles. The molecule has 0 aromatic rings. The summed E-state index contributed by atoms with van der Waals surface area (Å²) in [5.41, 5.74) is 11.6. The van der Waals surface area contributed by atoms with Crippen molar-refractivity contribution >= 4 is 11.9 Å². The van der Waals surface area contributed by atoms with Crippen molar-refractivity contribution in [1.29, 1.82) is 0 Å². The summed E-state index contributed by atoms with van der Waals surface area (Å²) in [5.74, 6) is 0.282. The molecule has 0 bridgehead atoms. The van der Waals surface area contributed by atoms with Crippen LogP contribution in [-0.4, -0.2) is 37.2 Å². The molecule has 24 heavy (non-hydrogen) atoms. The third-order valence-electron chi connectivity index (χ3n) is 4.87. The van der Waals surface area contributed by atoms with Crippen LogP contribution < -0.4 is 11.5 Å². The molecule has 0 saturated heterocycles. The van der Waals surface area contributed by atoms with Crippen molar-refractivity contribution in [1.82, 2.24) is 0 Å². The SMILES string of the molecule is CC(C)C(N)C(=O)OCC1CCC(COC(=O)C(N)C(C)C)CC1. The first-order chi connectivity index (χ1) is 11.2. The van der Waals surface area contributed by atoms with Crippen LogP contribution in [0.3, 0.4) is 0 Å². The van der Waals surface area contributed by atoms with E-state index in [0.717, 1.165) is 25.7 Å². The van der Waals surface area contributed by atoms with Gasteiger partial charge in [-0.15, -0.1) is 0 Å². The predicted molar refractivity (Wildman–Crippen MR) is 93.0 cm³/mol. The van der Waals surface area contributed by atoms with Gasteiger partial charge in [-0.1, -0.05) is 27.7 Å². The molecular formula is C18H34N2O4. The molecule has 2 atom stereocenters. The van der Waals surface area contributed by atoms with Crippen molar-refractivity contribution in [2.24, 2.45) is 35.1 Å². The van der Waals surface area contributed by atoms with Crippen LogP contribution in [0.4, 0.5) is 0 Å². The Morgan fingerprint density at radius 2 is 1.08 bits per heavy atom. The Labute approximate surface area is 145 Å². The standard InChI is InChI=1S/C18H34N2O4/c1-11(2)15(19)17(21)23-9-13-5-7-14(8-6-13)10-24-18(22)16(20)12(3)4/h11-16H,5-10,19-20H2,1-4H3. The van der Waals surface area contributed by atoms with Gasteiger partial charge in [-0.3, -0.25) is 9.59 Å². The highest BCUT2D eigenvalue weighted by Gasteiger charge is 2.26. The summed E-state index contributed by atoms with van der Waals surface area (Å²) in [5, 5.41) is 0. The van der Waals surface area contributed by atoms with Gasteiger partial charge in [0.25, 0.3) is 0 Å². The van der Waals surface area contributed by atoms with Crippen molar-refractivity contribution in [3.05, 3.63) is 0 Å². The Morgan fingerprint density at radius 3 is 1.33 bits per heavy atom. The molecule has 0 aliphatic heterocycles. The average molecular weight is 342 g/mol. The molecule has 0 amide bonds. The molecule has 0 spiro atoms. The van der Waals surface area contributed by atoms with E-state index in [0.29, 0.717) is 25.0 Å². The Balaban J connectivity index is 2.22. The van der Waals surface area contributed by atoms with Gasteiger partial charge in [-0.05, 0) is 49.4 Å². The molecule has 6 nitrogen and oxygen atoms in total. The van der Waals surface area contributed by atoms with Crippen LogP contribution in [0.15, 0.2) is 0 Å². The van der Waals surface area contributed by atoms with Gasteiger partial charge in [0, 0.05) is 0 Å². The Morgan fingerprint density at radius 1 is 0.792 bits per heavy atom. The van der Waals surface area contributed by atoms with E-state index in [1.807, 2.05) is 27.7 Å². The van der Waals surface area contributed by atoms with Crippen molar-refractivity contribution in [2.45, 2.75) is 65.5 Å². The summed E-state index contributed by atoms with van der Waals surface area (Å²) in [4.78, 5) is 23.5. The fourth-order valence-electron chi connectivity index (χ4n) is 2.70. The monoisotopic (exact) mass is 342 g/mol. The maximum atomic E-state index is 11.8. The first-order valence-electron chi connectivity index (χ1n) is 9.06. The lowest BCUT2D eigenvalue weighted by Gasteiger charge is -2.28. The molecule has 2 unspecified atom stereocenters. The number of carbonyl (C=O) groups is 2. The topological polar surface area (TPSA) is 105 Å². The zero-order chi connectivity index (χ0) is 18.3. The molecule has 1 rings (SSSR count). The first kappa shape index (κ1) is 20.9. The van der Waals surface area contributed by atoms with Crippen molar-refractivity contribution < 1.29 is 19.1 Å². The van der Waals surface area contributed by atoms with E-state index in [4.69, 9.17) is 20.9 Å². The number of carbonyl (C=O) groups excluding carboxylic acids is 2. The molecule has 1 saturated carbocycles. The van der Waals surface area contributed by atoms with Crippen molar-refractivity contribution in [3.63, 3.8) is 0 Å². The fourth-order valence-corrected chi connectivity index (χ4v) is 2.70. The highest BCUT2D eigenvalue weighted by atomic mass is 16.5. The quantitative estimate of drug-likeness (QED) is 0.652. The molecule has 1 fully saturated rings. The average Bonchev–Trinajstić information content (AvgIpc) is 2.56. The zero-order valence-corrected chi connectivity index (χ0v) is 15.5. The van der Waals surface area contributed by atoms with Gasteiger partial charge in [0.1, 0.15) is 12.1 Å². The highest BCUT2D eigenvalue weighted by Crippen LogP contribution is 2.29. The third-order valence-corrected chi connectivity index (χ3v) is 4.87. The maximum absolute atomic E-state index is 11.8. The summed E-state index contributed by atoms with van der Waals surface area (Å²) >= 11 is 0. The van der Waals surface area contributed by atoms with Gasteiger partial charge in [-0.2, -0.15) is 0 Å². The van der Waals surface area contributed by atoms with E-state index in [9.17, 15) is 9.59 Å². The lowest BCUT2D eigenvalue weighted by molar-refractivity contribution is -0.150. The van der Waals surface area contributed by atoms with Gasteiger partial charge in [0.05, 0.1) is 13.2 Å². The molecule has 0 aromatic carbocycles. The number of hydrogen-bond acceptors (Lipinski definition) is 6. The van der Waals surface area contributed by atoms with Crippen LogP contribution >= 0.6 is 0 Å². The van der Waals surface area contributed by atoms with Gasteiger partial charge in [0.15, 0.2) is 0 Å². The summed E-state index contributed by atoms with van der Waals surface area (Å²) in [7, 11) is 0. The fraction of sp³-hybridized carbons (Fsp3) is 0.889. The minimum atomic E-state index is -0.550. The lowest BCUT2D eigenvalue weighted by Crippen LogP contribution is -2.38. The molecule has 4 N–H and O–H groups in total. The summed E-state index contributed by atoms with van der Waals surface area (Å²) in [6.07, 6.45) is 3.90. The molecule has 0 radical (unpaired) electrons. The second-order valence-electron chi connectivity index (χ2n) is 7.69. The summed E-state index contributed by atoms with van der Waals surface area (Å²) in [6.45, 7) is 8.49. The molecule has 0 aromatic heterocycles. The number of hydrogen-bond donors (Lipinski definition) is 2. The second kappa shape index (κ2) is 9.99. The largest absolute Gasteiger partial charge is 0.464 e. The van der Waals surface area contributed by atoms with Gasteiger partial charge in [0.2, 0.25) is 0 Å². The van der Waals surface area contributed by atoms with Crippen molar-refractivity contribution in [3.8, 4) is 0 Å². The molecule has 6 heteroatoms. The van der Waals surface area contributed by atoms with E-state index in [1.165, 1.54) is 0 Å². The lowest BCUT2D eigenvalue weighted by atomic mass is 9.83. The molecule has 1 aliphatic rings. The predicted octanol–water partition coefficient (Wildman–Crippen LogP) is 1.85. The number of nitrogens with two attached hydrogens (primary N) is 2. The zero-order valence-electron chi connectivity index (χ0n) is 15.5. The number of ether oxygens (including phenoxy) is 2. The third kappa shape index (κ3) is 6.77. The van der Waals surface area contributed by atoms with Crippen LogP contribution in [0.25, 0.3) is 0 Å². The van der Waals surface area contributed by atoms with Crippen LogP contribution in [0.1, 0.15) is 53.4 Å². The number of esters is 2. The van der Waals surface area contributed by atoms with E-state index in [2.05, 4.69) is 0 Å². The van der Waals surface area contributed by atoms with Gasteiger partial charge >= 0.3 is 11.9 Å². The Kier molecular flexibility index (Phi) is 8.70. The number of rotatable bonds is 8. The van der Waals surface area contributed by atoms with Gasteiger partial charge < -0.3 is 20.9 Å². The minimum absolute atomic E-state index is 0.0835. The second-order valence-corrected chi connectivity index (χ2v) is 7.69. The summed E-state index contributed by atoms with van der Waals surface area (Å²) < 4.78 is 10.7. The van der Waals surface area contributed by atoms with E-state index in [1.54, 1.807) is 0 Å². The first-order valence-corrected chi connectivity index (χ1v) is 9.06. The van der Waals surface area contributed by atoms with Crippen LogP contribution in [0.2, 0.25) is 0 Å². The van der Waals surface area contributed by atoms with Crippen LogP contribution in [0, 0.1) is 23.7 Å². The van der Waals surface area contributed by atoms with Crippen molar-refractivity contribution in [2.75, 3.05) is 13.2 Å². The molecule has 0 heterocycles. The highest BCUT2D eigenvalue weighted by molar-refractivity contribution is 5.76. The molecule has 140 valence electrons. The normalized spacial score (nSPS) is 23.8. The smallest absolute Gasteiger partial charge is 0.323 e. The van der Waals surface area contributed by atoms with E-state index in [-0.39, 0.29) is 23.8 Å². The Bertz CT molecular complexity index is 366. The van der Waals surface area contributed by atoms with Gasteiger partial charge in [-0.25, -0.2) is 0 Å². The van der Waals surface area contributed by atoms with Crippen LogP contribution in [0.5, 0.6) is 0 Å². The molecular weight excluding hydrogens is 308 g/mol.